The highest BCUT2D eigenvalue weighted by atomic mass is 16.5. The zero-order chi connectivity index (χ0) is 73.8. The van der Waals surface area contributed by atoms with Gasteiger partial charge in [0.1, 0.15) is 68.4 Å². The molecule has 4 aromatic heterocycles. The molecule has 552 valence electrons. The van der Waals surface area contributed by atoms with Gasteiger partial charge >= 0.3 is 0 Å². The number of rotatable bonds is 32. The smallest absolute Gasteiger partial charge is 0.168 e. The van der Waals surface area contributed by atoms with Gasteiger partial charge < -0.3 is 47.9 Å². The molecule has 10 aromatic carbocycles. The van der Waals surface area contributed by atoms with E-state index in [1.54, 1.807) is 0 Å². The second kappa shape index (κ2) is 31.8. The molecule has 0 aliphatic carbocycles. The van der Waals surface area contributed by atoms with Crippen molar-refractivity contribution in [2.45, 2.75) is 158 Å². The van der Waals surface area contributed by atoms with Gasteiger partial charge in [0.2, 0.25) is 0 Å². The van der Waals surface area contributed by atoms with Crippen molar-refractivity contribution in [1.29, 1.82) is 0 Å². The Hall–Kier alpha value is -11.1. The summed E-state index contributed by atoms with van der Waals surface area (Å²) >= 11 is 0. The SMILES string of the molecule is CCCCOc1c2c(c(OCCCC)c3cc4ccccc4cc13)-c1nc-2nc2[nH]c(nc3nc(nc4[nH]c(n1)c1c(OCCCC)c5cccnc5c(OCCCC)c41)-c1c-3c(OCCCC)c3cc4ccccc4cc3c1OCCCC)c1c(OCCCC)c3cc4ccccc4cc3c(OCCCC)c21. The molecule has 0 unspecified atom stereocenters. The number of aromatic nitrogens is 9. The van der Waals surface area contributed by atoms with Crippen LogP contribution >= 0.6 is 0 Å². The minimum absolute atomic E-state index is 0.320. The minimum atomic E-state index is 0.320. The Morgan fingerprint density at radius 1 is 0.250 bits per heavy atom. The third-order valence-corrected chi connectivity index (χ3v) is 20.8. The van der Waals surface area contributed by atoms with Gasteiger partial charge in [-0.2, -0.15) is 0 Å². The number of benzene rings is 10. The molecule has 2 aliphatic rings. The van der Waals surface area contributed by atoms with Crippen LogP contribution in [0.25, 0.3) is 165 Å². The van der Waals surface area contributed by atoms with E-state index in [-0.39, 0.29) is 0 Å². The molecule has 0 atom stereocenters. The number of nitrogens with one attached hydrogen (secondary N) is 2. The first-order valence-electron chi connectivity index (χ1n) is 39.7. The molecular formula is C91H95N9O8. The van der Waals surface area contributed by atoms with E-state index >= 15 is 0 Å². The lowest BCUT2D eigenvalue weighted by atomic mass is 9.95. The van der Waals surface area contributed by atoms with Crippen molar-refractivity contribution in [3.63, 3.8) is 0 Å². The summed E-state index contributed by atoms with van der Waals surface area (Å²) in [7, 11) is 0. The van der Waals surface area contributed by atoms with Crippen molar-refractivity contribution in [3.05, 3.63) is 128 Å². The number of hydrogen-bond acceptors (Lipinski definition) is 15. The monoisotopic (exact) mass is 1440 g/mol. The van der Waals surface area contributed by atoms with E-state index < -0.39 is 0 Å². The number of hydrogen-bond donors (Lipinski definition) is 2. The fourth-order valence-corrected chi connectivity index (χ4v) is 15.1. The molecule has 14 aromatic rings. The molecule has 17 heteroatoms. The number of nitrogens with zero attached hydrogens (tertiary/aromatic N) is 7. The summed E-state index contributed by atoms with van der Waals surface area (Å²) < 4.78 is 58.5. The molecule has 108 heavy (non-hydrogen) atoms. The van der Waals surface area contributed by atoms with Crippen molar-refractivity contribution in [3.8, 4) is 91.5 Å². The number of ether oxygens (including phenoxy) is 8. The number of fused-ring (bicyclic) bond motifs is 27. The maximum Gasteiger partial charge on any atom is 0.168 e. The molecule has 0 saturated carbocycles. The van der Waals surface area contributed by atoms with Gasteiger partial charge in [0.05, 0.1) is 96.7 Å². The fourth-order valence-electron chi connectivity index (χ4n) is 15.1. The fraction of sp³-hybridized carbons (Fsp3) is 0.352. The number of H-pyrrole nitrogens is 2. The van der Waals surface area contributed by atoms with Gasteiger partial charge in [-0.05, 0) is 132 Å². The molecule has 6 heterocycles. The summed E-state index contributed by atoms with van der Waals surface area (Å²) in [6.45, 7) is 20.7. The summed E-state index contributed by atoms with van der Waals surface area (Å²) in [6.07, 6.45) is 15.3. The molecule has 16 rings (SSSR count). The third-order valence-electron chi connectivity index (χ3n) is 20.8. The molecule has 0 amide bonds. The largest absolute Gasteiger partial charge is 0.492 e. The second-order valence-electron chi connectivity index (χ2n) is 28.5. The number of unbranched alkanes of at least 4 members (excludes halogenated alkanes) is 8. The van der Waals surface area contributed by atoms with Crippen LogP contribution in [0.1, 0.15) is 158 Å². The lowest BCUT2D eigenvalue weighted by molar-refractivity contribution is 0.308. The highest BCUT2D eigenvalue weighted by Gasteiger charge is 2.37. The molecule has 0 fully saturated rings. The molecule has 2 N–H and O–H groups in total. The van der Waals surface area contributed by atoms with Gasteiger partial charge in [0.15, 0.2) is 29.0 Å². The molecule has 0 spiro atoms. The predicted molar refractivity (Wildman–Crippen MR) is 440 cm³/mol. The van der Waals surface area contributed by atoms with Crippen LogP contribution in [0.15, 0.2) is 128 Å². The van der Waals surface area contributed by atoms with E-state index in [1.807, 2.05) is 12.3 Å². The van der Waals surface area contributed by atoms with Crippen molar-refractivity contribution < 1.29 is 37.9 Å². The molecule has 2 aliphatic heterocycles. The summed E-state index contributed by atoms with van der Waals surface area (Å²) in [5.74, 6) is 6.08. The Kier molecular flexibility index (Phi) is 21.0. The van der Waals surface area contributed by atoms with Crippen LogP contribution in [0, 0.1) is 0 Å². The zero-order valence-electron chi connectivity index (χ0n) is 63.5. The van der Waals surface area contributed by atoms with E-state index in [4.69, 9.17) is 72.8 Å². The minimum Gasteiger partial charge on any atom is -0.492 e. The zero-order valence-corrected chi connectivity index (χ0v) is 63.5. The van der Waals surface area contributed by atoms with Crippen LogP contribution in [-0.4, -0.2) is 97.7 Å². The Labute approximate surface area is 629 Å². The van der Waals surface area contributed by atoms with E-state index in [1.165, 1.54) is 0 Å². The van der Waals surface area contributed by atoms with Crippen molar-refractivity contribution >= 4 is 120 Å². The van der Waals surface area contributed by atoms with Crippen LogP contribution in [0.5, 0.6) is 46.0 Å². The van der Waals surface area contributed by atoms with Gasteiger partial charge in [0, 0.05) is 43.9 Å². The third kappa shape index (κ3) is 13.1. The Balaban J connectivity index is 1.19. The summed E-state index contributed by atoms with van der Waals surface area (Å²) in [6, 6.07) is 42.7. The molecular weight excluding hydrogens is 1350 g/mol. The lowest BCUT2D eigenvalue weighted by Crippen LogP contribution is -2.04. The van der Waals surface area contributed by atoms with Gasteiger partial charge in [0.25, 0.3) is 0 Å². The average Bonchev–Trinajstić information content (AvgIpc) is 1.52. The van der Waals surface area contributed by atoms with E-state index in [9.17, 15) is 0 Å². The van der Waals surface area contributed by atoms with Gasteiger partial charge in [-0.1, -0.05) is 180 Å². The van der Waals surface area contributed by atoms with Crippen molar-refractivity contribution in [2.24, 2.45) is 0 Å². The maximum atomic E-state index is 7.37. The first kappa shape index (κ1) is 71.2. The number of pyridine rings is 1. The van der Waals surface area contributed by atoms with Crippen LogP contribution in [0.2, 0.25) is 0 Å². The molecule has 0 radical (unpaired) electrons. The topological polar surface area (TPSA) is 196 Å². The van der Waals surface area contributed by atoms with E-state index in [0.717, 1.165) is 173 Å². The predicted octanol–water partition coefficient (Wildman–Crippen LogP) is 23.8. The second-order valence-corrected chi connectivity index (χ2v) is 28.5. The van der Waals surface area contributed by atoms with Crippen LogP contribution in [-0.2, 0) is 0 Å². The lowest BCUT2D eigenvalue weighted by Gasteiger charge is -2.19. The van der Waals surface area contributed by atoms with Crippen molar-refractivity contribution in [1.82, 2.24) is 44.9 Å². The van der Waals surface area contributed by atoms with Crippen LogP contribution in [0.4, 0.5) is 0 Å². The van der Waals surface area contributed by atoms with Gasteiger partial charge in [-0.3, -0.25) is 4.98 Å². The average molecular weight is 1440 g/mol. The normalized spacial score (nSPS) is 12.0. The Morgan fingerprint density at radius 2 is 0.481 bits per heavy atom. The summed E-state index contributed by atoms with van der Waals surface area (Å²) in [4.78, 5) is 48.5. The van der Waals surface area contributed by atoms with Gasteiger partial charge in [-0.15, -0.1) is 0 Å². The summed E-state index contributed by atoms with van der Waals surface area (Å²) in [5, 5.41) is 14.7. The van der Waals surface area contributed by atoms with Gasteiger partial charge in [-0.25, -0.2) is 29.9 Å². The molecule has 17 nitrogen and oxygen atoms in total. The quantitative estimate of drug-likeness (QED) is 0.0298. The Morgan fingerprint density at radius 3 is 0.750 bits per heavy atom. The highest BCUT2D eigenvalue weighted by Crippen LogP contribution is 2.57. The van der Waals surface area contributed by atoms with Crippen LogP contribution < -0.4 is 37.9 Å². The van der Waals surface area contributed by atoms with Crippen molar-refractivity contribution in [2.75, 3.05) is 52.9 Å². The highest BCUT2D eigenvalue weighted by molar-refractivity contribution is 6.24. The first-order chi connectivity index (χ1) is 53.3. The Bertz CT molecular complexity index is 5600. The van der Waals surface area contributed by atoms with Crippen LogP contribution in [0.3, 0.4) is 0 Å². The molecule has 8 bridgehead atoms. The summed E-state index contributed by atoms with van der Waals surface area (Å²) in [5.41, 5.74) is 4.73. The standard InChI is InChI=1S/C91H95N9O8/c1-9-17-40-101-76-60-38-31-39-92-75(60)83(108-47-24-16-8)74-73(76)90-98-88-70-69(79(104-43-20-12-4)63-50-56-34-27-28-35-57(56)51-64(63)80(70)105-44-21-13-5)86(96-88)94-84-67-68(78(103-42-19-11-3)62-49-55-33-26-25-32-54(55)48-61(62)77(67)102-41-18-10-2)85(93-84)95-87-71-72(89(97-87)99-91(74)100-90)82(107-46-23-15-7)66-53-59-37-30-29-36-58(59)52-65(66)81(71)106-45-22-14-6/h25-39,48-53H,9-24,40-47H2,1-8H3,(H2,93,94,95,96,97,98,99,100). The maximum absolute atomic E-state index is 7.37. The first-order valence-corrected chi connectivity index (χ1v) is 39.7. The molecule has 0 saturated heterocycles. The van der Waals surface area contributed by atoms with E-state index in [0.29, 0.717) is 194 Å². The van der Waals surface area contributed by atoms with E-state index in [2.05, 4.69) is 181 Å². The number of aromatic amines is 2.